The number of nitrogens with one attached hydrogen (secondary N) is 1. The van der Waals surface area contributed by atoms with Crippen LogP contribution in [-0.4, -0.2) is 29.6 Å². The molecule has 1 heterocycles. The minimum Gasteiger partial charge on any atom is -0.311 e. The van der Waals surface area contributed by atoms with Crippen molar-refractivity contribution in [3.8, 4) is 0 Å². The van der Waals surface area contributed by atoms with Gasteiger partial charge in [0.05, 0.1) is 0 Å². The molecule has 0 radical (unpaired) electrons. The van der Waals surface area contributed by atoms with Crippen molar-refractivity contribution in [3.63, 3.8) is 0 Å². The molecular formula is C17H28N2. The van der Waals surface area contributed by atoms with E-state index in [0.29, 0.717) is 12.0 Å². The fourth-order valence-corrected chi connectivity index (χ4v) is 2.68. The second-order valence-corrected chi connectivity index (χ2v) is 6.91. The predicted octanol–water partition coefficient (Wildman–Crippen LogP) is 3.20. The van der Waals surface area contributed by atoms with Crippen molar-refractivity contribution >= 4 is 0 Å². The Hall–Kier alpha value is -0.860. The molecule has 1 saturated heterocycles. The maximum absolute atomic E-state index is 3.69. The van der Waals surface area contributed by atoms with Gasteiger partial charge in [0.15, 0.2) is 0 Å². The van der Waals surface area contributed by atoms with E-state index in [1.54, 1.807) is 0 Å². The number of rotatable bonds is 3. The Morgan fingerprint density at radius 2 is 1.89 bits per heavy atom. The molecular weight excluding hydrogens is 232 g/mol. The molecule has 2 nitrogen and oxygen atoms in total. The van der Waals surface area contributed by atoms with Gasteiger partial charge in [-0.05, 0) is 32.3 Å². The lowest BCUT2D eigenvalue weighted by Crippen LogP contribution is -2.62. The number of benzene rings is 1. The Bertz CT molecular complexity index is 406. The molecule has 1 N–H and O–H groups in total. The lowest BCUT2D eigenvalue weighted by molar-refractivity contribution is 0.0475. The van der Waals surface area contributed by atoms with E-state index in [4.69, 9.17) is 0 Å². The molecule has 0 aromatic heterocycles. The van der Waals surface area contributed by atoms with Crippen molar-refractivity contribution in [2.24, 2.45) is 5.92 Å². The molecule has 0 aliphatic carbocycles. The van der Waals surface area contributed by atoms with Gasteiger partial charge in [0.2, 0.25) is 0 Å². The monoisotopic (exact) mass is 260 g/mol. The fourth-order valence-electron chi connectivity index (χ4n) is 2.68. The maximum Gasteiger partial charge on any atom is 0.0281 e. The number of hydrogen-bond acceptors (Lipinski definition) is 2. The van der Waals surface area contributed by atoms with Gasteiger partial charge in [-0.25, -0.2) is 0 Å². The molecule has 1 aromatic carbocycles. The van der Waals surface area contributed by atoms with Gasteiger partial charge in [0, 0.05) is 31.2 Å². The number of nitrogens with zero attached hydrogens (tertiary/aromatic N) is 1. The molecule has 1 aromatic rings. The van der Waals surface area contributed by atoms with Crippen molar-refractivity contribution < 1.29 is 0 Å². The van der Waals surface area contributed by atoms with Gasteiger partial charge in [0.1, 0.15) is 0 Å². The summed E-state index contributed by atoms with van der Waals surface area (Å²) in [5.41, 5.74) is 2.99. The van der Waals surface area contributed by atoms with Crippen molar-refractivity contribution in [2.45, 2.75) is 52.7 Å². The largest absolute Gasteiger partial charge is 0.311 e. The molecule has 0 saturated carbocycles. The summed E-state index contributed by atoms with van der Waals surface area (Å²) in [6.45, 7) is 14.7. The standard InChI is InChI=1S/C17H28N2/c1-13(2)16-11-19(17(4,5)12-18-16)10-15-8-6-14(3)7-9-15/h6-9,13,16,18H,10-12H2,1-5H3. The topological polar surface area (TPSA) is 15.3 Å². The van der Waals surface area contributed by atoms with E-state index in [2.05, 4.69) is 69.1 Å². The van der Waals surface area contributed by atoms with Crippen LogP contribution in [0.15, 0.2) is 24.3 Å². The summed E-state index contributed by atoms with van der Waals surface area (Å²) in [5.74, 6) is 0.691. The van der Waals surface area contributed by atoms with Gasteiger partial charge in [-0.3, -0.25) is 4.90 Å². The summed E-state index contributed by atoms with van der Waals surface area (Å²) in [4.78, 5) is 2.62. The quantitative estimate of drug-likeness (QED) is 0.898. The smallest absolute Gasteiger partial charge is 0.0281 e. The summed E-state index contributed by atoms with van der Waals surface area (Å²) >= 11 is 0. The van der Waals surface area contributed by atoms with Crippen molar-refractivity contribution in [2.75, 3.05) is 13.1 Å². The zero-order valence-corrected chi connectivity index (χ0v) is 13.0. The van der Waals surface area contributed by atoms with Crippen molar-refractivity contribution in [1.82, 2.24) is 10.2 Å². The van der Waals surface area contributed by atoms with Crippen molar-refractivity contribution in [1.29, 1.82) is 0 Å². The van der Waals surface area contributed by atoms with Gasteiger partial charge in [-0.1, -0.05) is 43.7 Å². The zero-order valence-electron chi connectivity index (χ0n) is 13.0. The van der Waals surface area contributed by atoms with E-state index in [1.807, 2.05) is 0 Å². The molecule has 19 heavy (non-hydrogen) atoms. The van der Waals surface area contributed by atoms with Crippen LogP contribution in [0.5, 0.6) is 0 Å². The second kappa shape index (κ2) is 5.64. The third-order valence-corrected chi connectivity index (χ3v) is 4.37. The number of hydrogen-bond donors (Lipinski definition) is 1. The summed E-state index contributed by atoms with van der Waals surface area (Å²) < 4.78 is 0. The normalized spacial score (nSPS) is 23.8. The van der Waals surface area contributed by atoms with E-state index < -0.39 is 0 Å². The fraction of sp³-hybridized carbons (Fsp3) is 0.647. The minimum atomic E-state index is 0.232. The highest BCUT2D eigenvalue weighted by atomic mass is 15.3. The van der Waals surface area contributed by atoms with Crippen LogP contribution in [0.2, 0.25) is 0 Å². The third kappa shape index (κ3) is 3.58. The molecule has 106 valence electrons. The maximum atomic E-state index is 3.69. The first-order valence-corrected chi connectivity index (χ1v) is 7.42. The van der Waals surface area contributed by atoms with Crippen LogP contribution in [-0.2, 0) is 6.54 Å². The molecule has 1 aliphatic heterocycles. The van der Waals surface area contributed by atoms with Gasteiger partial charge < -0.3 is 5.32 Å². The molecule has 1 fully saturated rings. The number of aryl methyl sites for hydroxylation is 1. The average molecular weight is 260 g/mol. The molecule has 2 rings (SSSR count). The molecule has 2 heteroatoms. The van der Waals surface area contributed by atoms with Crippen molar-refractivity contribution in [3.05, 3.63) is 35.4 Å². The predicted molar refractivity (Wildman–Crippen MR) is 82.3 cm³/mol. The van der Waals surface area contributed by atoms with Gasteiger partial charge in [-0.15, -0.1) is 0 Å². The van der Waals surface area contributed by atoms with Crippen LogP contribution in [0.4, 0.5) is 0 Å². The summed E-state index contributed by atoms with van der Waals surface area (Å²) in [6, 6.07) is 9.56. The second-order valence-electron chi connectivity index (χ2n) is 6.91. The zero-order chi connectivity index (χ0) is 14.0. The highest BCUT2D eigenvalue weighted by Gasteiger charge is 2.34. The molecule has 0 amide bonds. The van der Waals surface area contributed by atoms with Gasteiger partial charge in [0.25, 0.3) is 0 Å². The molecule has 1 atom stereocenters. The summed E-state index contributed by atoms with van der Waals surface area (Å²) in [5, 5.41) is 3.69. The Morgan fingerprint density at radius 3 is 2.47 bits per heavy atom. The highest BCUT2D eigenvalue weighted by Crippen LogP contribution is 2.23. The van der Waals surface area contributed by atoms with Gasteiger partial charge >= 0.3 is 0 Å². The summed E-state index contributed by atoms with van der Waals surface area (Å²) in [7, 11) is 0. The first-order valence-electron chi connectivity index (χ1n) is 7.42. The Morgan fingerprint density at radius 1 is 1.26 bits per heavy atom. The van der Waals surface area contributed by atoms with Crippen LogP contribution >= 0.6 is 0 Å². The molecule has 0 spiro atoms. The van der Waals surface area contributed by atoms with Crippen LogP contribution in [0, 0.1) is 12.8 Å². The Labute approximate surface area is 118 Å². The van der Waals surface area contributed by atoms with Gasteiger partial charge in [-0.2, -0.15) is 0 Å². The lowest BCUT2D eigenvalue weighted by Gasteiger charge is -2.47. The Balaban J connectivity index is 2.08. The highest BCUT2D eigenvalue weighted by molar-refractivity contribution is 5.21. The lowest BCUT2D eigenvalue weighted by atomic mass is 9.92. The van der Waals surface area contributed by atoms with E-state index in [0.717, 1.165) is 19.6 Å². The van der Waals surface area contributed by atoms with Crippen LogP contribution in [0.25, 0.3) is 0 Å². The molecule has 1 unspecified atom stereocenters. The van der Waals surface area contributed by atoms with E-state index >= 15 is 0 Å². The van der Waals surface area contributed by atoms with E-state index in [1.165, 1.54) is 11.1 Å². The SMILES string of the molecule is Cc1ccc(CN2CC(C(C)C)NCC2(C)C)cc1. The average Bonchev–Trinajstić information content (AvgIpc) is 2.34. The third-order valence-electron chi connectivity index (χ3n) is 4.37. The van der Waals surface area contributed by atoms with Crippen LogP contribution in [0.3, 0.4) is 0 Å². The first-order chi connectivity index (χ1) is 8.88. The van der Waals surface area contributed by atoms with Crippen LogP contribution in [0.1, 0.15) is 38.8 Å². The Kier molecular flexibility index (Phi) is 4.32. The van der Waals surface area contributed by atoms with Crippen LogP contribution < -0.4 is 5.32 Å². The first kappa shape index (κ1) is 14.5. The molecule has 1 aliphatic rings. The van der Waals surface area contributed by atoms with E-state index in [-0.39, 0.29) is 5.54 Å². The van der Waals surface area contributed by atoms with E-state index in [9.17, 15) is 0 Å². The molecule has 0 bridgehead atoms. The summed E-state index contributed by atoms with van der Waals surface area (Å²) in [6.07, 6.45) is 0. The minimum absolute atomic E-state index is 0.232. The number of piperazine rings is 1.